The van der Waals surface area contributed by atoms with Crippen molar-refractivity contribution in [3.8, 4) is 0 Å². The van der Waals surface area contributed by atoms with Crippen molar-refractivity contribution in [1.29, 1.82) is 0 Å². The van der Waals surface area contributed by atoms with Crippen molar-refractivity contribution in [3.63, 3.8) is 0 Å². The van der Waals surface area contributed by atoms with Crippen LogP contribution in [0.3, 0.4) is 0 Å². The van der Waals surface area contributed by atoms with E-state index in [2.05, 4.69) is 15.9 Å². The molecule has 0 bridgehead atoms. The molecule has 0 unspecified atom stereocenters. The second-order valence-corrected chi connectivity index (χ2v) is 4.15. The molecule has 0 spiro atoms. The summed E-state index contributed by atoms with van der Waals surface area (Å²) in [5, 5.41) is 0. The zero-order valence-electron chi connectivity index (χ0n) is 8.51. The van der Waals surface area contributed by atoms with Crippen molar-refractivity contribution in [2.75, 3.05) is 13.7 Å². The molecule has 16 heavy (non-hydrogen) atoms. The molecule has 2 N–H and O–H groups in total. The Kier molecular flexibility index (Phi) is 4.35. The van der Waals surface area contributed by atoms with Gasteiger partial charge >= 0.3 is 6.18 Å². The van der Waals surface area contributed by atoms with E-state index in [-0.39, 0.29) is 6.61 Å². The number of methoxy groups -OCH3 is 1. The molecule has 6 heteroatoms. The SMILES string of the molecule is COC[C@H](N)c1cc(C(F)(F)F)ccc1Br. The molecule has 0 amide bonds. The molecule has 0 heterocycles. The van der Waals surface area contributed by atoms with E-state index in [4.69, 9.17) is 10.5 Å². The summed E-state index contributed by atoms with van der Waals surface area (Å²) in [4.78, 5) is 0. The predicted molar refractivity (Wildman–Crippen MR) is 57.9 cm³/mol. The van der Waals surface area contributed by atoms with Crippen molar-refractivity contribution in [3.05, 3.63) is 33.8 Å². The van der Waals surface area contributed by atoms with Gasteiger partial charge in [-0.3, -0.25) is 0 Å². The molecular formula is C10H11BrF3NO. The van der Waals surface area contributed by atoms with Gasteiger partial charge in [-0.05, 0) is 23.8 Å². The van der Waals surface area contributed by atoms with E-state index in [0.29, 0.717) is 10.0 Å². The van der Waals surface area contributed by atoms with E-state index in [1.54, 1.807) is 0 Å². The highest BCUT2D eigenvalue weighted by Crippen LogP contribution is 2.33. The third kappa shape index (κ3) is 3.20. The first kappa shape index (κ1) is 13.5. The predicted octanol–water partition coefficient (Wildman–Crippen LogP) is 3.11. The number of hydrogen-bond donors (Lipinski definition) is 1. The normalized spacial score (nSPS) is 13.9. The standard InChI is InChI=1S/C10H11BrF3NO/c1-16-5-9(15)7-4-6(10(12,13)14)2-3-8(7)11/h2-4,9H,5,15H2,1H3/t9-/m0/s1. The highest BCUT2D eigenvalue weighted by atomic mass is 79.9. The fourth-order valence-corrected chi connectivity index (χ4v) is 1.81. The van der Waals surface area contributed by atoms with Crippen LogP contribution in [0.5, 0.6) is 0 Å². The Balaban J connectivity index is 3.09. The minimum atomic E-state index is -4.36. The number of ether oxygens (including phenoxy) is 1. The maximum atomic E-state index is 12.5. The maximum Gasteiger partial charge on any atom is 0.416 e. The van der Waals surface area contributed by atoms with Gasteiger partial charge in [-0.2, -0.15) is 13.2 Å². The summed E-state index contributed by atoms with van der Waals surface area (Å²) in [7, 11) is 1.45. The number of alkyl halides is 3. The van der Waals surface area contributed by atoms with Gasteiger partial charge in [0.25, 0.3) is 0 Å². The van der Waals surface area contributed by atoms with Crippen LogP contribution >= 0.6 is 15.9 Å². The number of nitrogens with two attached hydrogens (primary N) is 1. The van der Waals surface area contributed by atoms with Crippen molar-refractivity contribution >= 4 is 15.9 Å². The third-order valence-corrected chi connectivity index (χ3v) is 2.79. The second-order valence-electron chi connectivity index (χ2n) is 3.30. The molecule has 1 atom stereocenters. The Morgan fingerprint density at radius 2 is 2.06 bits per heavy atom. The molecule has 0 radical (unpaired) electrons. The molecule has 0 aromatic heterocycles. The van der Waals surface area contributed by atoms with Crippen LogP contribution in [0.25, 0.3) is 0 Å². The Labute approximate surface area is 99.7 Å². The minimum absolute atomic E-state index is 0.167. The zero-order valence-corrected chi connectivity index (χ0v) is 10.1. The highest BCUT2D eigenvalue weighted by Gasteiger charge is 2.31. The van der Waals surface area contributed by atoms with E-state index in [9.17, 15) is 13.2 Å². The second kappa shape index (κ2) is 5.16. The van der Waals surface area contributed by atoms with Crippen molar-refractivity contribution in [1.82, 2.24) is 0 Å². The average Bonchev–Trinajstić information content (AvgIpc) is 2.16. The summed E-state index contributed by atoms with van der Waals surface area (Å²) >= 11 is 3.16. The molecule has 0 fully saturated rings. The molecule has 1 rings (SSSR count). The highest BCUT2D eigenvalue weighted by molar-refractivity contribution is 9.10. The van der Waals surface area contributed by atoms with Gasteiger partial charge in [0.05, 0.1) is 18.2 Å². The van der Waals surface area contributed by atoms with E-state index in [1.807, 2.05) is 0 Å². The van der Waals surface area contributed by atoms with Crippen molar-refractivity contribution < 1.29 is 17.9 Å². The average molecular weight is 298 g/mol. The van der Waals surface area contributed by atoms with Gasteiger partial charge in [0.15, 0.2) is 0 Å². The zero-order chi connectivity index (χ0) is 12.3. The first-order valence-corrected chi connectivity index (χ1v) is 5.26. The van der Waals surface area contributed by atoms with E-state index >= 15 is 0 Å². The Morgan fingerprint density at radius 1 is 1.44 bits per heavy atom. The molecule has 1 aromatic rings. The largest absolute Gasteiger partial charge is 0.416 e. The van der Waals surface area contributed by atoms with Crippen LogP contribution in [0.4, 0.5) is 13.2 Å². The van der Waals surface area contributed by atoms with Crippen molar-refractivity contribution in [2.24, 2.45) is 5.73 Å². The summed E-state index contributed by atoms with van der Waals surface area (Å²) in [6.07, 6.45) is -4.36. The monoisotopic (exact) mass is 297 g/mol. The number of rotatable bonds is 3. The summed E-state index contributed by atoms with van der Waals surface area (Å²) in [5.74, 6) is 0. The molecule has 0 saturated heterocycles. The lowest BCUT2D eigenvalue weighted by atomic mass is 10.0. The number of halogens is 4. The topological polar surface area (TPSA) is 35.2 Å². The molecule has 1 aromatic carbocycles. The van der Waals surface area contributed by atoms with Gasteiger partial charge in [0.1, 0.15) is 0 Å². The van der Waals surface area contributed by atoms with Crippen LogP contribution in [0.2, 0.25) is 0 Å². The Morgan fingerprint density at radius 3 is 2.56 bits per heavy atom. The van der Waals surface area contributed by atoms with E-state index < -0.39 is 17.8 Å². The van der Waals surface area contributed by atoms with Gasteiger partial charge in [-0.25, -0.2) is 0 Å². The van der Waals surface area contributed by atoms with Crippen LogP contribution in [0, 0.1) is 0 Å². The smallest absolute Gasteiger partial charge is 0.383 e. The van der Waals surface area contributed by atoms with Gasteiger partial charge in [-0.1, -0.05) is 15.9 Å². The lowest BCUT2D eigenvalue weighted by Crippen LogP contribution is -2.17. The van der Waals surface area contributed by atoms with Gasteiger partial charge in [0.2, 0.25) is 0 Å². The summed E-state index contributed by atoms with van der Waals surface area (Å²) in [6, 6.07) is 2.80. The van der Waals surface area contributed by atoms with Crippen LogP contribution in [-0.2, 0) is 10.9 Å². The fraction of sp³-hybridized carbons (Fsp3) is 0.400. The first-order chi connectivity index (χ1) is 7.36. The van der Waals surface area contributed by atoms with Crippen molar-refractivity contribution in [2.45, 2.75) is 12.2 Å². The summed E-state index contributed by atoms with van der Waals surface area (Å²) in [5.41, 5.74) is 5.37. The molecular weight excluding hydrogens is 287 g/mol. The van der Waals surface area contributed by atoms with Gasteiger partial charge < -0.3 is 10.5 Å². The third-order valence-electron chi connectivity index (χ3n) is 2.07. The van der Waals surface area contributed by atoms with Gasteiger partial charge in [-0.15, -0.1) is 0 Å². The fourth-order valence-electron chi connectivity index (χ4n) is 1.27. The molecule has 0 aliphatic heterocycles. The first-order valence-electron chi connectivity index (χ1n) is 4.47. The molecule has 0 saturated carbocycles. The lowest BCUT2D eigenvalue weighted by molar-refractivity contribution is -0.137. The number of hydrogen-bond acceptors (Lipinski definition) is 2. The molecule has 90 valence electrons. The quantitative estimate of drug-likeness (QED) is 0.930. The van der Waals surface area contributed by atoms with E-state index in [0.717, 1.165) is 12.1 Å². The van der Waals surface area contributed by atoms with E-state index in [1.165, 1.54) is 13.2 Å². The minimum Gasteiger partial charge on any atom is -0.383 e. The summed E-state index contributed by atoms with van der Waals surface area (Å²) < 4.78 is 42.7. The number of benzene rings is 1. The van der Waals surface area contributed by atoms with Gasteiger partial charge in [0, 0.05) is 11.6 Å². The molecule has 0 aliphatic rings. The molecule has 2 nitrogen and oxygen atoms in total. The maximum absolute atomic E-state index is 12.5. The lowest BCUT2D eigenvalue weighted by Gasteiger charge is -2.15. The molecule has 0 aliphatic carbocycles. The van der Waals surface area contributed by atoms with Crippen LogP contribution < -0.4 is 5.73 Å². The van der Waals surface area contributed by atoms with Crippen LogP contribution in [0.15, 0.2) is 22.7 Å². The Bertz CT molecular complexity index is 368. The van der Waals surface area contributed by atoms with Crippen LogP contribution in [-0.4, -0.2) is 13.7 Å². The summed E-state index contributed by atoms with van der Waals surface area (Å²) in [6.45, 7) is 0.167. The Hall–Kier alpha value is -0.590. The van der Waals surface area contributed by atoms with Crippen LogP contribution in [0.1, 0.15) is 17.2 Å².